The molecule has 1 aliphatic rings. The van der Waals surface area contributed by atoms with Crippen LogP contribution in [-0.4, -0.2) is 96.0 Å². The lowest BCUT2D eigenvalue weighted by atomic mass is 10.00. The Bertz CT molecular complexity index is 1160. The summed E-state index contributed by atoms with van der Waals surface area (Å²) in [4.78, 5) is 25.4. The van der Waals surface area contributed by atoms with Crippen molar-refractivity contribution in [2.45, 2.75) is 224 Å². The summed E-state index contributed by atoms with van der Waals surface area (Å²) in [6.45, 7) is 3.71. The van der Waals surface area contributed by atoms with Crippen LogP contribution in [0.2, 0.25) is 0 Å². The molecule has 1 rings (SSSR count). The van der Waals surface area contributed by atoms with Crippen molar-refractivity contribution in [3.05, 3.63) is 24.3 Å². The molecular formula is C44H80O12S. The molecule has 1 saturated heterocycles. The Balaban J connectivity index is 2.45. The number of allylic oxidation sites excluding steroid dienone is 4. The molecule has 0 bridgehead atoms. The molecule has 0 radical (unpaired) electrons. The van der Waals surface area contributed by atoms with Gasteiger partial charge in [0.2, 0.25) is 0 Å². The van der Waals surface area contributed by atoms with Crippen LogP contribution in [0.1, 0.15) is 187 Å². The molecule has 0 spiro atoms. The first kappa shape index (κ1) is 53.1. The fraction of sp³-hybridized carbons (Fsp3) is 0.864. The van der Waals surface area contributed by atoms with Crippen LogP contribution in [0.5, 0.6) is 0 Å². The second kappa shape index (κ2) is 34.9. The predicted octanol–water partition coefficient (Wildman–Crippen LogP) is 8.84. The van der Waals surface area contributed by atoms with Crippen molar-refractivity contribution < 1.29 is 56.8 Å². The number of rotatable bonds is 37. The van der Waals surface area contributed by atoms with Crippen LogP contribution in [0.25, 0.3) is 0 Å². The van der Waals surface area contributed by atoms with Gasteiger partial charge in [-0.3, -0.25) is 14.1 Å². The van der Waals surface area contributed by atoms with E-state index in [1.165, 1.54) is 83.5 Å². The van der Waals surface area contributed by atoms with Gasteiger partial charge in [0.1, 0.15) is 36.8 Å². The number of unbranched alkanes of at least 4 members (excludes halogenated alkanes) is 21. The second-order valence-electron chi connectivity index (χ2n) is 15.7. The number of hydrogen-bond acceptors (Lipinski definition) is 11. The van der Waals surface area contributed by atoms with Crippen LogP contribution < -0.4 is 0 Å². The van der Waals surface area contributed by atoms with Gasteiger partial charge >= 0.3 is 11.9 Å². The molecule has 0 aliphatic carbocycles. The Kier molecular flexibility index (Phi) is 32.6. The van der Waals surface area contributed by atoms with E-state index in [1.807, 2.05) is 0 Å². The van der Waals surface area contributed by atoms with Crippen molar-refractivity contribution in [2.24, 2.45) is 0 Å². The molecule has 13 heteroatoms. The molecule has 0 aromatic heterocycles. The van der Waals surface area contributed by atoms with Crippen LogP contribution in [0.3, 0.4) is 0 Å². The molecule has 1 heterocycles. The molecule has 334 valence electrons. The minimum atomic E-state index is -4.60. The fourth-order valence-corrected chi connectivity index (χ4v) is 7.42. The van der Waals surface area contributed by atoms with Gasteiger partial charge in [-0.2, -0.15) is 8.42 Å². The molecular weight excluding hydrogens is 753 g/mol. The second-order valence-corrected chi connectivity index (χ2v) is 17.2. The number of ether oxygens (including phenoxy) is 4. The van der Waals surface area contributed by atoms with Gasteiger partial charge in [-0.1, -0.05) is 134 Å². The van der Waals surface area contributed by atoms with Crippen LogP contribution in [0, 0.1) is 0 Å². The third kappa shape index (κ3) is 29.9. The maximum absolute atomic E-state index is 12.8. The summed E-state index contributed by atoms with van der Waals surface area (Å²) in [5.74, 6) is -1.99. The Morgan fingerprint density at radius 2 is 1.00 bits per heavy atom. The van der Waals surface area contributed by atoms with Crippen molar-refractivity contribution in [1.82, 2.24) is 0 Å². The van der Waals surface area contributed by atoms with Gasteiger partial charge in [0.05, 0.1) is 6.61 Å². The summed E-state index contributed by atoms with van der Waals surface area (Å²) in [6, 6.07) is 0. The van der Waals surface area contributed by atoms with Crippen molar-refractivity contribution in [1.29, 1.82) is 0 Å². The van der Waals surface area contributed by atoms with Gasteiger partial charge < -0.3 is 34.3 Å². The summed E-state index contributed by atoms with van der Waals surface area (Å²) >= 11 is 0. The molecule has 57 heavy (non-hydrogen) atoms. The highest BCUT2D eigenvalue weighted by molar-refractivity contribution is 7.85. The highest BCUT2D eigenvalue weighted by atomic mass is 32.2. The summed E-state index contributed by atoms with van der Waals surface area (Å²) in [5, 5.41) is 30.8. The predicted molar refractivity (Wildman–Crippen MR) is 224 cm³/mol. The first-order chi connectivity index (χ1) is 27.5. The summed E-state index contributed by atoms with van der Waals surface area (Å²) < 4.78 is 54.0. The normalized spacial score (nSPS) is 20.7. The first-order valence-corrected chi connectivity index (χ1v) is 24.0. The third-order valence-corrected chi connectivity index (χ3v) is 11.0. The molecule has 0 aromatic rings. The van der Waals surface area contributed by atoms with E-state index < -0.39 is 71.2 Å². The summed E-state index contributed by atoms with van der Waals surface area (Å²) in [6.07, 6.45) is 27.9. The third-order valence-electron chi connectivity index (χ3n) is 10.3. The molecule has 0 aromatic carbocycles. The van der Waals surface area contributed by atoms with Crippen molar-refractivity contribution in [2.75, 3.05) is 19.0 Å². The summed E-state index contributed by atoms with van der Waals surface area (Å²) in [5.41, 5.74) is 0. The van der Waals surface area contributed by atoms with Crippen molar-refractivity contribution >= 4 is 22.1 Å². The van der Waals surface area contributed by atoms with E-state index in [0.717, 1.165) is 64.2 Å². The monoisotopic (exact) mass is 833 g/mol. The zero-order chi connectivity index (χ0) is 42.0. The van der Waals surface area contributed by atoms with Gasteiger partial charge in [0, 0.05) is 12.8 Å². The summed E-state index contributed by atoms with van der Waals surface area (Å²) in [7, 11) is -4.60. The fourth-order valence-electron chi connectivity index (χ4n) is 6.72. The molecule has 12 nitrogen and oxygen atoms in total. The quantitative estimate of drug-likeness (QED) is 0.0202. The minimum absolute atomic E-state index is 0.162. The van der Waals surface area contributed by atoms with Gasteiger partial charge in [-0.15, -0.1) is 0 Å². The van der Waals surface area contributed by atoms with Gasteiger partial charge in [-0.25, -0.2) is 0 Å². The topological polar surface area (TPSA) is 186 Å². The number of aliphatic hydroxyl groups excluding tert-OH is 3. The maximum Gasteiger partial charge on any atom is 0.306 e. The number of aliphatic hydroxyl groups is 3. The molecule has 1 fully saturated rings. The molecule has 0 saturated carbocycles. The lowest BCUT2D eigenvalue weighted by Gasteiger charge is -2.40. The Hall–Kier alpha value is -1.87. The van der Waals surface area contributed by atoms with E-state index in [1.54, 1.807) is 0 Å². The number of esters is 2. The number of carbonyl (C=O) groups is 2. The van der Waals surface area contributed by atoms with E-state index >= 15 is 0 Å². The number of hydrogen-bond donors (Lipinski definition) is 4. The molecule has 6 atom stereocenters. The molecule has 2 unspecified atom stereocenters. The van der Waals surface area contributed by atoms with E-state index in [2.05, 4.69) is 38.2 Å². The smallest absolute Gasteiger partial charge is 0.306 e. The van der Waals surface area contributed by atoms with Gasteiger partial charge in [0.25, 0.3) is 10.1 Å². The minimum Gasteiger partial charge on any atom is -0.462 e. The maximum atomic E-state index is 12.8. The van der Waals surface area contributed by atoms with Gasteiger partial charge in [0.15, 0.2) is 12.4 Å². The van der Waals surface area contributed by atoms with E-state index in [0.29, 0.717) is 12.8 Å². The zero-order valence-electron chi connectivity index (χ0n) is 35.4. The van der Waals surface area contributed by atoms with Crippen LogP contribution >= 0.6 is 0 Å². The SMILES string of the molecule is CCCCC/C=C/CCCCCCCC(=O)OC[C@H](CO[C@H]1O[C@H](CS(=O)(=O)O)[C@@H](O)C(O)C1O)OC(=O)CCCCCCCCCCC/C=C/CCCCCC. The van der Waals surface area contributed by atoms with Crippen LogP contribution in [0.15, 0.2) is 24.3 Å². The van der Waals surface area contributed by atoms with Crippen LogP contribution in [-0.2, 0) is 38.7 Å². The van der Waals surface area contributed by atoms with Crippen LogP contribution in [0.4, 0.5) is 0 Å². The Morgan fingerprint density at radius 3 is 1.49 bits per heavy atom. The largest absolute Gasteiger partial charge is 0.462 e. The number of carbonyl (C=O) groups excluding carboxylic acids is 2. The Labute approximate surface area is 345 Å². The van der Waals surface area contributed by atoms with Crippen molar-refractivity contribution in [3.8, 4) is 0 Å². The van der Waals surface area contributed by atoms with E-state index in [4.69, 9.17) is 18.9 Å². The average Bonchev–Trinajstić information content (AvgIpc) is 3.17. The van der Waals surface area contributed by atoms with Gasteiger partial charge in [-0.05, 0) is 64.2 Å². The van der Waals surface area contributed by atoms with Crippen molar-refractivity contribution in [3.63, 3.8) is 0 Å². The highest BCUT2D eigenvalue weighted by Gasteiger charge is 2.46. The lowest BCUT2D eigenvalue weighted by Crippen LogP contribution is -2.60. The average molecular weight is 833 g/mol. The zero-order valence-corrected chi connectivity index (χ0v) is 36.3. The van der Waals surface area contributed by atoms with E-state index in [9.17, 15) is 37.9 Å². The standard InChI is InChI=1S/C44H80O12S/c1-3-5-7-9-11-13-15-17-18-19-20-21-23-25-27-29-31-33-40(46)55-37(35-54-44-43(49)42(48)41(47)38(56-44)36-57(50,51)52)34-53-39(45)32-30-28-26-24-22-16-14-12-10-8-6-4-2/h12-15,37-38,41-44,47-49H,3-11,16-36H2,1-2H3,(H,50,51,52)/b14-12+,15-13+/t37-,38-,41-,42?,43?,44+/m1/s1. The highest BCUT2D eigenvalue weighted by Crippen LogP contribution is 2.24. The lowest BCUT2D eigenvalue weighted by molar-refractivity contribution is -0.297. The first-order valence-electron chi connectivity index (χ1n) is 22.4. The molecule has 4 N–H and O–H groups in total. The Morgan fingerprint density at radius 1 is 0.579 bits per heavy atom. The molecule has 1 aliphatic heterocycles. The van der Waals surface area contributed by atoms with E-state index in [-0.39, 0.29) is 19.4 Å². The molecule has 0 amide bonds.